The number of aliphatic hydroxyl groups excluding tert-OH is 1. The first kappa shape index (κ1) is 13.3. The number of nitrogens with one attached hydrogen (secondary N) is 1. The quantitative estimate of drug-likeness (QED) is 0.753. The number of nitrogens with zero attached hydrogens (tertiary/aromatic N) is 2. The Bertz CT molecular complexity index is 453. The normalized spacial score (nSPS) is 12.8. The minimum atomic E-state index is -0.385. The van der Waals surface area contributed by atoms with Crippen molar-refractivity contribution in [2.45, 2.75) is 26.0 Å². The van der Waals surface area contributed by atoms with E-state index in [1.807, 2.05) is 28.3 Å². The molecule has 0 aliphatic heterocycles. The van der Waals surface area contributed by atoms with E-state index < -0.39 is 0 Å². The lowest BCUT2D eigenvalue weighted by molar-refractivity contribution is 0.152. The molecule has 2 aromatic heterocycles. The molecule has 0 aliphatic rings. The zero-order valence-corrected chi connectivity index (χ0v) is 11.4. The first-order valence-electron chi connectivity index (χ1n) is 6.25. The number of hydrogen-bond donors (Lipinski definition) is 2. The third-order valence-electron chi connectivity index (χ3n) is 2.67. The van der Waals surface area contributed by atoms with E-state index in [-0.39, 0.29) is 6.10 Å². The maximum absolute atomic E-state index is 9.96. The highest BCUT2D eigenvalue weighted by molar-refractivity contribution is 7.13. The minimum Gasteiger partial charge on any atom is -0.390 e. The van der Waals surface area contributed by atoms with Crippen molar-refractivity contribution >= 4 is 11.3 Å². The molecule has 0 aliphatic carbocycles. The van der Waals surface area contributed by atoms with Crippen LogP contribution in [0.2, 0.25) is 0 Å². The highest BCUT2D eigenvalue weighted by atomic mass is 32.1. The number of aliphatic hydroxyl groups is 1. The summed E-state index contributed by atoms with van der Waals surface area (Å²) in [7, 11) is 0. The molecule has 2 heterocycles. The van der Waals surface area contributed by atoms with Crippen molar-refractivity contribution in [3.63, 3.8) is 0 Å². The van der Waals surface area contributed by atoms with Crippen LogP contribution < -0.4 is 5.32 Å². The molecule has 2 aromatic rings. The van der Waals surface area contributed by atoms with Crippen LogP contribution in [-0.2, 0) is 6.54 Å². The molecule has 2 rings (SSSR count). The van der Waals surface area contributed by atoms with Gasteiger partial charge in [0.2, 0.25) is 0 Å². The molecule has 18 heavy (non-hydrogen) atoms. The molecule has 0 spiro atoms. The molecule has 4 nitrogen and oxygen atoms in total. The zero-order valence-electron chi connectivity index (χ0n) is 10.5. The van der Waals surface area contributed by atoms with E-state index in [0.717, 1.165) is 23.7 Å². The summed E-state index contributed by atoms with van der Waals surface area (Å²) in [6.45, 7) is 4.25. The van der Waals surface area contributed by atoms with Crippen molar-refractivity contribution in [1.82, 2.24) is 14.9 Å². The summed E-state index contributed by atoms with van der Waals surface area (Å²) in [6.07, 6.45) is 4.39. The lowest BCUT2D eigenvalue weighted by atomic mass is 10.3. The van der Waals surface area contributed by atoms with E-state index in [9.17, 15) is 5.11 Å². The summed E-state index contributed by atoms with van der Waals surface area (Å²) in [5.74, 6) is 0.930. The van der Waals surface area contributed by atoms with E-state index in [1.54, 1.807) is 17.5 Å². The zero-order chi connectivity index (χ0) is 12.8. The van der Waals surface area contributed by atoms with Gasteiger partial charge in [0.1, 0.15) is 5.82 Å². The van der Waals surface area contributed by atoms with Crippen LogP contribution in [0.3, 0.4) is 0 Å². The molecule has 98 valence electrons. The second-order valence-corrected chi connectivity index (χ2v) is 5.19. The van der Waals surface area contributed by atoms with Crippen LogP contribution >= 0.6 is 11.3 Å². The molecule has 0 saturated heterocycles. The largest absolute Gasteiger partial charge is 0.390 e. The van der Waals surface area contributed by atoms with Gasteiger partial charge in [-0.1, -0.05) is 13.0 Å². The fourth-order valence-electron chi connectivity index (χ4n) is 1.82. The highest BCUT2D eigenvalue weighted by Crippen LogP contribution is 2.22. The summed E-state index contributed by atoms with van der Waals surface area (Å²) in [5, 5.41) is 15.2. The van der Waals surface area contributed by atoms with Crippen LogP contribution in [0.15, 0.2) is 29.9 Å². The average Bonchev–Trinajstić information content (AvgIpc) is 2.99. The molecular weight excluding hydrogens is 246 g/mol. The Hall–Kier alpha value is -1.17. The van der Waals surface area contributed by atoms with Gasteiger partial charge in [0.05, 0.1) is 17.5 Å². The van der Waals surface area contributed by atoms with Crippen LogP contribution in [0, 0.1) is 0 Å². The molecule has 0 fully saturated rings. The molecule has 0 radical (unpaired) electrons. The van der Waals surface area contributed by atoms with Crippen LogP contribution in [0.4, 0.5) is 0 Å². The van der Waals surface area contributed by atoms with Gasteiger partial charge in [-0.25, -0.2) is 4.98 Å². The van der Waals surface area contributed by atoms with Crippen molar-refractivity contribution in [3.05, 3.63) is 29.9 Å². The maximum atomic E-state index is 9.96. The Labute approximate surface area is 111 Å². The smallest absolute Gasteiger partial charge is 0.150 e. The number of hydrogen-bond acceptors (Lipinski definition) is 4. The van der Waals surface area contributed by atoms with Crippen LogP contribution in [-0.4, -0.2) is 33.9 Å². The average molecular weight is 265 g/mol. The number of aromatic nitrogens is 2. The SMILES string of the molecule is CCCNCC(O)Cn1ccnc1-c1cccs1. The molecule has 0 saturated carbocycles. The second kappa shape index (κ2) is 6.68. The first-order valence-corrected chi connectivity index (χ1v) is 7.13. The van der Waals surface area contributed by atoms with Crippen LogP contribution in [0.25, 0.3) is 10.7 Å². The molecule has 5 heteroatoms. The Morgan fingerprint density at radius 2 is 2.44 bits per heavy atom. The fourth-order valence-corrected chi connectivity index (χ4v) is 2.56. The molecular formula is C13H19N3OS. The summed E-state index contributed by atoms with van der Waals surface area (Å²) in [4.78, 5) is 5.48. The summed E-state index contributed by atoms with van der Waals surface area (Å²) in [5.41, 5.74) is 0. The Morgan fingerprint density at radius 1 is 1.56 bits per heavy atom. The van der Waals surface area contributed by atoms with Crippen molar-refractivity contribution < 1.29 is 5.11 Å². The van der Waals surface area contributed by atoms with Gasteiger partial charge < -0.3 is 15.0 Å². The molecule has 0 amide bonds. The summed E-state index contributed by atoms with van der Waals surface area (Å²) >= 11 is 1.66. The fraction of sp³-hybridized carbons (Fsp3) is 0.462. The summed E-state index contributed by atoms with van der Waals surface area (Å²) in [6, 6.07) is 4.06. The van der Waals surface area contributed by atoms with Crippen LogP contribution in [0.1, 0.15) is 13.3 Å². The molecule has 2 N–H and O–H groups in total. The summed E-state index contributed by atoms with van der Waals surface area (Å²) < 4.78 is 2.00. The molecule has 0 bridgehead atoms. The Kier molecular flexibility index (Phi) is 4.92. The first-order chi connectivity index (χ1) is 8.81. The molecule has 1 atom stereocenters. The molecule has 1 unspecified atom stereocenters. The second-order valence-electron chi connectivity index (χ2n) is 4.24. The van der Waals surface area contributed by atoms with Crippen molar-refractivity contribution in [2.75, 3.05) is 13.1 Å². The van der Waals surface area contributed by atoms with Gasteiger partial charge in [-0.2, -0.15) is 0 Å². The van der Waals surface area contributed by atoms with Crippen molar-refractivity contribution in [1.29, 1.82) is 0 Å². The van der Waals surface area contributed by atoms with E-state index in [4.69, 9.17) is 0 Å². The lowest BCUT2D eigenvalue weighted by Crippen LogP contribution is -2.30. The van der Waals surface area contributed by atoms with Gasteiger partial charge in [-0.3, -0.25) is 0 Å². The van der Waals surface area contributed by atoms with Gasteiger partial charge >= 0.3 is 0 Å². The van der Waals surface area contributed by atoms with Gasteiger partial charge in [0, 0.05) is 18.9 Å². The predicted octanol–water partition coefficient (Wildman–Crippen LogP) is 1.97. The standard InChI is InChI=1S/C13H19N3OS/c1-2-5-14-9-11(17)10-16-7-6-15-13(16)12-4-3-8-18-12/h3-4,6-8,11,14,17H,2,5,9-10H2,1H3. The third-order valence-corrected chi connectivity index (χ3v) is 3.54. The lowest BCUT2D eigenvalue weighted by Gasteiger charge is -2.13. The minimum absolute atomic E-state index is 0.385. The Balaban J connectivity index is 1.95. The van der Waals surface area contributed by atoms with E-state index >= 15 is 0 Å². The van der Waals surface area contributed by atoms with Crippen molar-refractivity contribution in [2.24, 2.45) is 0 Å². The van der Waals surface area contributed by atoms with Crippen LogP contribution in [0.5, 0.6) is 0 Å². The van der Waals surface area contributed by atoms with E-state index in [0.29, 0.717) is 13.1 Å². The number of rotatable bonds is 7. The van der Waals surface area contributed by atoms with Gasteiger partial charge in [-0.05, 0) is 24.4 Å². The van der Waals surface area contributed by atoms with Crippen molar-refractivity contribution in [3.8, 4) is 10.7 Å². The highest BCUT2D eigenvalue weighted by Gasteiger charge is 2.10. The monoisotopic (exact) mass is 265 g/mol. The van der Waals surface area contributed by atoms with Gasteiger partial charge in [0.25, 0.3) is 0 Å². The van der Waals surface area contributed by atoms with Gasteiger partial charge in [-0.15, -0.1) is 11.3 Å². The maximum Gasteiger partial charge on any atom is 0.150 e. The number of imidazole rings is 1. The van der Waals surface area contributed by atoms with E-state index in [2.05, 4.69) is 17.2 Å². The number of thiophene rings is 1. The van der Waals surface area contributed by atoms with E-state index in [1.165, 1.54) is 0 Å². The Morgan fingerprint density at radius 3 is 3.17 bits per heavy atom. The topological polar surface area (TPSA) is 50.1 Å². The molecule has 0 aromatic carbocycles. The van der Waals surface area contributed by atoms with Gasteiger partial charge in [0.15, 0.2) is 0 Å². The third kappa shape index (κ3) is 3.41. The predicted molar refractivity (Wildman–Crippen MR) is 74.7 cm³/mol.